The van der Waals surface area contributed by atoms with Gasteiger partial charge in [0, 0.05) is 31.5 Å². The molecular weight excluding hydrogens is 202 g/mol. The van der Waals surface area contributed by atoms with Gasteiger partial charge in [0.15, 0.2) is 5.65 Å². The quantitative estimate of drug-likeness (QED) is 0.761. The Morgan fingerprint density at radius 1 is 1.38 bits per heavy atom. The molecule has 16 heavy (non-hydrogen) atoms. The lowest BCUT2D eigenvalue weighted by atomic mass is 10.1. The molecule has 0 aliphatic carbocycles. The fourth-order valence-corrected chi connectivity index (χ4v) is 2.22. The highest BCUT2D eigenvalue weighted by atomic mass is 15.3. The third-order valence-corrected chi connectivity index (χ3v) is 3.00. The maximum absolute atomic E-state index is 4.62. The topological polar surface area (TPSA) is 55.1 Å². The summed E-state index contributed by atoms with van der Waals surface area (Å²) in [5.74, 6) is 1.83. The molecule has 0 saturated carbocycles. The van der Waals surface area contributed by atoms with Crippen LogP contribution in [0.25, 0.3) is 5.65 Å². The van der Waals surface area contributed by atoms with E-state index in [2.05, 4.69) is 27.3 Å². The summed E-state index contributed by atoms with van der Waals surface area (Å²) in [6.45, 7) is 5.91. The maximum Gasteiger partial charge on any atom is 0.163 e. The van der Waals surface area contributed by atoms with Gasteiger partial charge in [0.25, 0.3) is 0 Å². The summed E-state index contributed by atoms with van der Waals surface area (Å²) in [5, 5.41) is 7.98. The first-order valence-electron chi connectivity index (χ1n) is 5.74. The second-order valence-corrected chi connectivity index (χ2v) is 4.13. The molecule has 2 aromatic rings. The van der Waals surface area contributed by atoms with E-state index in [9.17, 15) is 0 Å². The normalized spacial score (nSPS) is 15.4. The van der Waals surface area contributed by atoms with Crippen LogP contribution in [0.1, 0.15) is 29.8 Å². The van der Waals surface area contributed by atoms with Crippen molar-refractivity contribution in [3.8, 4) is 0 Å². The van der Waals surface area contributed by atoms with Crippen LogP contribution in [-0.4, -0.2) is 26.1 Å². The zero-order valence-corrected chi connectivity index (χ0v) is 9.62. The monoisotopic (exact) mass is 217 g/mol. The smallest absolute Gasteiger partial charge is 0.163 e. The first-order valence-corrected chi connectivity index (χ1v) is 5.74. The summed E-state index contributed by atoms with van der Waals surface area (Å²) in [6, 6.07) is 0. The molecule has 0 atom stereocenters. The number of rotatable bonds is 1. The number of aromatic nitrogens is 4. The molecule has 0 fully saturated rings. The van der Waals surface area contributed by atoms with Crippen molar-refractivity contribution in [2.45, 2.75) is 33.2 Å². The standard InChI is InChI=1S/C11H15N5/c1-3-10-13-7(2)14-11-8-6-12-5-4-9(8)15-16(10)11/h12H,3-6H2,1-2H3. The lowest BCUT2D eigenvalue weighted by molar-refractivity contribution is 0.636. The Morgan fingerprint density at radius 3 is 3.06 bits per heavy atom. The van der Waals surface area contributed by atoms with E-state index in [-0.39, 0.29) is 0 Å². The fraction of sp³-hybridized carbons (Fsp3) is 0.545. The van der Waals surface area contributed by atoms with Crippen molar-refractivity contribution < 1.29 is 0 Å². The molecule has 0 aromatic carbocycles. The summed E-state index contributed by atoms with van der Waals surface area (Å²) in [7, 11) is 0. The van der Waals surface area contributed by atoms with E-state index in [1.807, 2.05) is 11.4 Å². The molecule has 1 N–H and O–H groups in total. The van der Waals surface area contributed by atoms with Gasteiger partial charge >= 0.3 is 0 Å². The molecule has 0 amide bonds. The zero-order chi connectivity index (χ0) is 11.1. The molecule has 0 unspecified atom stereocenters. The van der Waals surface area contributed by atoms with Gasteiger partial charge in [-0.15, -0.1) is 0 Å². The van der Waals surface area contributed by atoms with E-state index in [0.29, 0.717) is 0 Å². The first kappa shape index (κ1) is 9.72. The predicted molar refractivity (Wildman–Crippen MR) is 60.3 cm³/mol. The van der Waals surface area contributed by atoms with Crippen LogP contribution in [0.3, 0.4) is 0 Å². The van der Waals surface area contributed by atoms with Gasteiger partial charge in [0.2, 0.25) is 0 Å². The summed E-state index contributed by atoms with van der Waals surface area (Å²) in [5.41, 5.74) is 3.39. The van der Waals surface area contributed by atoms with Crippen LogP contribution in [0.15, 0.2) is 0 Å². The highest BCUT2D eigenvalue weighted by molar-refractivity contribution is 5.51. The van der Waals surface area contributed by atoms with Gasteiger partial charge in [0.1, 0.15) is 11.6 Å². The van der Waals surface area contributed by atoms with Crippen LogP contribution in [0.5, 0.6) is 0 Å². The van der Waals surface area contributed by atoms with Crippen LogP contribution in [0, 0.1) is 6.92 Å². The second kappa shape index (κ2) is 3.52. The Hall–Kier alpha value is -1.49. The van der Waals surface area contributed by atoms with E-state index >= 15 is 0 Å². The lowest BCUT2D eigenvalue weighted by Crippen LogP contribution is -2.23. The van der Waals surface area contributed by atoms with Crippen LogP contribution >= 0.6 is 0 Å². The Kier molecular flexibility index (Phi) is 2.14. The molecule has 1 aliphatic rings. The first-order chi connectivity index (χ1) is 7.79. The number of nitrogens with zero attached hydrogens (tertiary/aromatic N) is 4. The van der Waals surface area contributed by atoms with Crippen LogP contribution in [0.2, 0.25) is 0 Å². The SMILES string of the molecule is CCc1nc(C)nc2c3c(nn12)CCNC3. The number of nitrogens with one attached hydrogen (secondary N) is 1. The third kappa shape index (κ3) is 1.31. The largest absolute Gasteiger partial charge is 0.312 e. The van der Waals surface area contributed by atoms with Gasteiger partial charge < -0.3 is 5.32 Å². The van der Waals surface area contributed by atoms with Crippen LogP contribution < -0.4 is 5.32 Å². The fourth-order valence-electron chi connectivity index (χ4n) is 2.22. The lowest BCUT2D eigenvalue weighted by Gasteiger charge is -2.10. The minimum Gasteiger partial charge on any atom is -0.312 e. The minimum absolute atomic E-state index is 0.831. The zero-order valence-electron chi connectivity index (χ0n) is 9.62. The van der Waals surface area contributed by atoms with Crippen LogP contribution in [0.4, 0.5) is 0 Å². The van der Waals surface area contributed by atoms with Gasteiger partial charge in [-0.2, -0.15) is 5.10 Å². The van der Waals surface area contributed by atoms with Gasteiger partial charge in [-0.3, -0.25) is 0 Å². The molecule has 0 radical (unpaired) electrons. The van der Waals surface area contributed by atoms with E-state index < -0.39 is 0 Å². The molecule has 3 rings (SSSR count). The third-order valence-electron chi connectivity index (χ3n) is 3.00. The Morgan fingerprint density at radius 2 is 2.25 bits per heavy atom. The van der Waals surface area contributed by atoms with E-state index in [1.165, 1.54) is 11.3 Å². The van der Waals surface area contributed by atoms with Crippen molar-refractivity contribution >= 4 is 5.65 Å². The molecule has 0 saturated heterocycles. The van der Waals surface area contributed by atoms with Crippen LogP contribution in [-0.2, 0) is 19.4 Å². The molecule has 84 valence electrons. The van der Waals surface area contributed by atoms with Gasteiger partial charge in [-0.05, 0) is 6.92 Å². The molecule has 2 aromatic heterocycles. The predicted octanol–water partition coefficient (Wildman–Crippen LogP) is 0.641. The van der Waals surface area contributed by atoms with E-state index in [1.54, 1.807) is 0 Å². The Balaban J connectivity index is 2.33. The summed E-state index contributed by atoms with van der Waals surface area (Å²) < 4.78 is 1.91. The molecule has 3 heterocycles. The minimum atomic E-state index is 0.831. The van der Waals surface area contributed by atoms with Gasteiger partial charge in [0.05, 0.1) is 5.69 Å². The van der Waals surface area contributed by atoms with Gasteiger partial charge in [-0.25, -0.2) is 14.5 Å². The summed E-state index contributed by atoms with van der Waals surface area (Å²) >= 11 is 0. The van der Waals surface area contributed by atoms with E-state index in [4.69, 9.17) is 0 Å². The molecule has 0 bridgehead atoms. The molecule has 5 heteroatoms. The molecule has 0 spiro atoms. The maximum atomic E-state index is 4.62. The van der Waals surface area contributed by atoms with Crippen molar-refractivity contribution in [1.82, 2.24) is 24.9 Å². The summed E-state index contributed by atoms with van der Waals surface area (Å²) in [6.07, 6.45) is 1.87. The number of aryl methyl sites for hydroxylation is 2. The Labute approximate surface area is 93.9 Å². The van der Waals surface area contributed by atoms with E-state index in [0.717, 1.165) is 43.2 Å². The average Bonchev–Trinajstić information content (AvgIpc) is 2.67. The van der Waals surface area contributed by atoms with Crippen molar-refractivity contribution in [3.63, 3.8) is 0 Å². The average molecular weight is 217 g/mol. The highest BCUT2D eigenvalue weighted by Crippen LogP contribution is 2.18. The second-order valence-electron chi connectivity index (χ2n) is 4.13. The van der Waals surface area contributed by atoms with Gasteiger partial charge in [-0.1, -0.05) is 6.92 Å². The summed E-state index contributed by atoms with van der Waals surface area (Å²) in [4.78, 5) is 8.94. The van der Waals surface area contributed by atoms with Crippen molar-refractivity contribution in [3.05, 3.63) is 22.9 Å². The molecule has 5 nitrogen and oxygen atoms in total. The van der Waals surface area contributed by atoms with Crippen molar-refractivity contribution in [2.24, 2.45) is 0 Å². The number of hydrogen-bond donors (Lipinski definition) is 1. The van der Waals surface area contributed by atoms with Crippen molar-refractivity contribution in [2.75, 3.05) is 6.54 Å². The molecular formula is C11H15N5. The Bertz CT molecular complexity index is 543. The van der Waals surface area contributed by atoms with Crippen molar-refractivity contribution in [1.29, 1.82) is 0 Å². The number of fused-ring (bicyclic) bond motifs is 3. The molecule has 1 aliphatic heterocycles. The number of hydrogen-bond acceptors (Lipinski definition) is 4. The highest BCUT2D eigenvalue weighted by Gasteiger charge is 2.19.